The molecule has 0 unspecified atom stereocenters. The van der Waals surface area contributed by atoms with Crippen molar-refractivity contribution in [2.24, 2.45) is 0 Å². The number of rotatable bonds is 4. The maximum Gasteiger partial charge on any atom is 0.410 e. The molecule has 0 aliphatic carbocycles. The molecule has 0 aromatic heterocycles. The van der Waals surface area contributed by atoms with Gasteiger partial charge < -0.3 is 19.1 Å². The monoisotopic (exact) mass is 301 g/mol. The van der Waals surface area contributed by atoms with Crippen molar-refractivity contribution in [3.05, 3.63) is 0 Å². The van der Waals surface area contributed by atoms with Crippen molar-refractivity contribution in [1.82, 2.24) is 4.90 Å². The lowest BCUT2D eigenvalue weighted by Crippen LogP contribution is -2.54. The lowest BCUT2D eigenvalue weighted by Gasteiger charge is -2.40. The molecule has 1 saturated heterocycles. The Morgan fingerprint density at radius 2 is 2.00 bits per heavy atom. The molecule has 1 aliphatic rings. The van der Waals surface area contributed by atoms with Crippen LogP contribution in [0.3, 0.4) is 0 Å². The molecule has 122 valence electrons. The molecule has 0 radical (unpaired) electrons. The second kappa shape index (κ2) is 7.64. The van der Waals surface area contributed by atoms with E-state index in [4.69, 9.17) is 14.2 Å². The van der Waals surface area contributed by atoms with Gasteiger partial charge >= 0.3 is 12.1 Å². The van der Waals surface area contributed by atoms with Crippen LogP contribution in [0.2, 0.25) is 0 Å². The highest BCUT2D eigenvalue weighted by molar-refractivity contribution is 5.70. The van der Waals surface area contributed by atoms with Crippen molar-refractivity contribution < 1.29 is 23.8 Å². The van der Waals surface area contributed by atoms with Gasteiger partial charge in [0.1, 0.15) is 5.60 Å². The minimum Gasteiger partial charge on any atom is -0.466 e. The average molecular weight is 301 g/mol. The van der Waals surface area contributed by atoms with Crippen molar-refractivity contribution >= 4 is 12.1 Å². The molecule has 1 heterocycles. The summed E-state index contributed by atoms with van der Waals surface area (Å²) in [6, 6.07) is -0.169. The fraction of sp³-hybridized carbons (Fsp3) is 0.867. The number of hydrogen-bond donors (Lipinski definition) is 0. The second-order valence-electron chi connectivity index (χ2n) is 6.16. The molecule has 1 aliphatic heterocycles. The van der Waals surface area contributed by atoms with Crippen molar-refractivity contribution in [1.29, 1.82) is 0 Å². The van der Waals surface area contributed by atoms with E-state index in [1.54, 1.807) is 11.8 Å². The Balaban J connectivity index is 2.65. The summed E-state index contributed by atoms with van der Waals surface area (Å²) >= 11 is 0. The third kappa shape index (κ3) is 5.91. The molecule has 0 saturated carbocycles. The third-order valence-electron chi connectivity index (χ3n) is 3.23. The maximum absolute atomic E-state index is 12.3. The molecule has 1 amide bonds. The zero-order valence-electron chi connectivity index (χ0n) is 13.7. The summed E-state index contributed by atoms with van der Waals surface area (Å²) < 4.78 is 15.9. The Labute approximate surface area is 126 Å². The van der Waals surface area contributed by atoms with Gasteiger partial charge in [0.05, 0.1) is 25.4 Å². The number of morpholine rings is 1. The van der Waals surface area contributed by atoms with Crippen molar-refractivity contribution in [2.45, 2.75) is 65.2 Å². The van der Waals surface area contributed by atoms with Crippen LogP contribution in [0.5, 0.6) is 0 Å². The highest BCUT2D eigenvalue weighted by Gasteiger charge is 2.35. The first-order valence-corrected chi connectivity index (χ1v) is 7.51. The number of ether oxygens (including phenoxy) is 3. The highest BCUT2D eigenvalue weighted by atomic mass is 16.6. The van der Waals surface area contributed by atoms with Gasteiger partial charge in [0.2, 0.25) is 0 Å². The zero-order valence-corrected chi connectivity index (χ0v) is 13.7. The molecule has 0 bridgehead atoms. The van der Waals surface area contributed by atoms with Crippen LogP contribution in [0.15, 0.2) is 0 Å². The van der Waals surface area contributed by atoms with E-state index in [0.717, 1.165) is 0 Å². The van der Waals surface area contributed by atoms with Crippen molar-refractivity contribution in [3.63, 3.8) is 0 Å². The summed E-state index contributed by atoms with van der Waals surface area (Å²) in [7, 11) is 0. The normalized spacial score (nSPS) is 22.8. The van der Waals surface area contributed by atoms with Crippen LogP contribution in [0, 0.1) is 0 Å². The van der Waals surface area contributed by atoms with Gasteiger partial charge in [-0.15, -0.1) is 0 Å². The van der Waals surface area contributed by atoms with Crippen LogP contribution in [-0.2, 0) is 19.0 Å². The second-order valence-corrected chi connectivity index (χ2v) is 6.16. The predicted molar refractivity (Wildman–Crippen MR) is 78.0 cm³/mol. The summed E-state index contributed by atoms with van der Waals surface area (Å²) in [6.45, 7) is 10.5. The van der Waals surface area contributed by atoms with Crippen LogP contribution < -0.4 is 0 Å². The number of hydrogen-bond acceptors (Lipinski definition) is 5. The Hall–Kier alpha value is -1.30. The van der Waals surface area contributed by atoms with Gasteiger partial charge in [-0.1, -0.05) is 0 Å². The van der Waals surface area contributed by atoms with E-state index >= 15 is 0 Å². The lowest BCUT2D eigenvalue weighted by atomic mass is 10.0. The van der Waals surface area contributed by atoms with E-state index in [1.807, 2.05) is 27.7 Å². The van der Waals surface area contributed by atoms with E-state index in [0.29, 0.717) is 26.2 Å². The van der Waals surface area contributed by atoms with Crippen LogP contribution in [0.25, 0.3) is 0 Å². The molecule has 6 nitrogen and oxygen atoms in total. The number of esters is 1. The minimum atomic E-state index is -0.537. The van der Waals surface area contributed by atoms with Crippen LogP contribution in [0.4, 0.5) is 4.79 Å². The van der Waals surface area contributed by atoms with Crippen LogP contribution in [0.1, 0.15) is 47.5 Å². The summed E-state index contributed by atoms with van der Waals surface area (Å²) in [5.41, 5.74) is -0.537. The maximum atomic E-state index is 12.3. The van der Waals surface area contributed by atoms with Gasteiger partial charge in [0, 0.05) is 13.0 Å². The Morgan fingerprint density at radius 1 is 1.33 bits per heavy atom. The summed E-state index contributed by atoms with van der Waals surface area (Å²) in [4.78, 5) is 25.4. The topological polar surface area (TPSA) is 65.1 Å². The number of carbonyl (C=O) groups is 2. The SMILES string of the molecule is CCOC(=O)CC[C@@H]1[C@@H](C)OCCN1C(=O)OC(C)(C)C. The highest BCUT2D eigenvalue weighted by Crippen LogP contribution is 2.21. The molecule has 2 atom stereocenters. The third-order valence-corrected chi connectivity index (χ3v) is 3.23. The van der Waals surface area contributed by atoms with Crippen LogP contribution in [-0.4, -0.2) is 54.5 Å². The predicted octanol–water partition coefficient (Wildman–Crippen LogP) is 2.35. The van der Waals surface area contributed by atoms with Gasteiger partial charge in [-0.05, 0) is 41.0 Å². The van der Waals surface area contributed by atoms with E-state index in [1.165, 1.54) is 0 Å². The van der Waals surface area contributed by atoms with Gasteiger partial charge in [0.15, 0.2) is 0 Å². The fourth-order valence-electron chi connectivity index (χ4n) is 2.30. The number of amides is 1. The lowest BCUT2D eigenvalue weighted by molar-refractivity contribution is -0.144. The first-order chi connectivity index (χ1) is 9.74. The summed E-state index contributed by atoms with van der Waals surface area (Å²) in [5.74, 6) is -0.251. The number of nitrogens with zero attached hydrogens (tertiary/aromatic N) is 1. The molecule has 0 N–H and O–H groups in total. The van der Waals surface area contributed by atoms with Crippen molar-refractivity contribution in [2.75, 3.05) is 19.8 Å². The zero-order chi connectivity index (χ0) is 16.0. The Kier molecular flexibility index (Phi) is 6.45. The molecule has 6 heteroatoms. The van der Waals surface area contributed by atoms with Crippen molar-refractivity contribution in [3.8, 4) is 0 Å². The van der Waals surface area contributed by atoms with Gasteiger partial charge in [-0.25, -0.2) is 4.79 Å². The van der Waals surface area contributed by atoms with E-state index < -0.39 is 5.60 Å². The van der Waals surface area contributed by atoms with E-state index in [2.05, 4.69) is 0 Å². The molecular formula is C15H27NO5. The average Bonchev–Trinajstić information content (AvgIpc) is 2.35. The van der Waals surface area contributed by atoms with Gasteiger partial charge in [-0.3, -0.25) is 4.79 Å². The van der Waals surface area contributed by atoms with E-state index in [9.17, 15) is 9.59 Å². The largest absolute Gasteiger partial charge is 0.466 e. The molecule has 0 aromatic carbocycles. The Bertz CT molecular complexity index is 364. The van der Waals surface area contributed by atoms with Gasteiger partial charge in [0.25, 0.3) is 0 Å². The molecule has 1 fully saturated rings. The quantitative estimate of drug-likeness (QED) is 0.746. The summed E-state index contributed by atoms with van der Waals surface area (Å²) in [5, 5.41) is 0. The fourth-order valence-corrected chi connectivity index (χ4v) is 2.30. The molecule has 21 heavy (non-hydrogen) atoms. The molecule has 0 spiro atoms. The van der Waals surface area contributed by atoms with Gasteiger partial charge in [-0.2, -0.15) is 0 Å². The Morgan fingerprint density at radius 3 is 2.57 bits per heavy atom. The summed E-state index contributed by atoms with van der Waals surface area (Å²) in [6.07, 6.45) is 0.303. The first kappa shape index (κ1) is 17.8. The van der Waals surface area contributed by atoms with E-state index in [-0.39, 0.29) is 30.6 Å². The smallest absolute Gasteiger partial charge is 0.410 e. The first-order valence-electron chi connectivity index (χ1n) is 7.51. The molecule has 1 rings (SSSR count). The standard InChI is InChI=1S/C15H27NO5/c1-6-19-13(17)8-7-12-11(2)20-10-9-16(12)14(18)21-15(3,4)5/h11-12H,6-10H2,1-5H3/t11-,12-/m1/s1. The molecular weight excluding hydrogens is 274 g/mol. The number of carbonyl (C=O) groups excluding carboxylic acids is 2. The molecule has 0 aromatic rings. The minimum absolute atomic E-state index is 0.124. The van der Waals surface area contributed by atoms with Crippen LogP contribution >= 0.6 is 0 Å².